The Hall–Kier alpha value is -3.66. The van der Waals surface area contributed by atoms with Gasteiger partial charge in [-0.1, -0.05) is 121 Å². The third kappa shape index (κ3) is 4.21. The normalized spacial score (nSPS) is 17.9. The fourth-order valence-electron chi connectivity index (χ4n) is 4.41. The fourth-order valence-corrected chi connectivity index (χ4v) is 4.41. The summed E-state index contributed by atoms with van der Waals surface area (Å²) in [7, 11) is 0. The van der Waals surface area contributed by atoms with E-state index >= 15 is 0 Å². The molecular formula is C30H26O3. The van der Waals surface area contributed by atoms with Crippen LogP contribution in [0.5, 0.6) is 0 Å². The molecule has 0 aliphatic carbocycles. The van der Waals surface area contributed by atoms with Crippen LogP contribution in [-0.2, 0) is 15.1 Å². The molecule has 4 aromatic carbocycles. The summed E-state index contributed by atoms with van der Waals surface area (Å²) in [6.45, 7) is 0.215. The quantitative estimate of drug-likeness (QED) is 0.374. The summed E-state index contributed by atoms with van der Waals surface area (Å²) in [5.74, 6) is 0.682. The molecule has 1 N–H and O–H groups in total. The lowest BCUT2D eigenvalue weighted by Crippen LogP contribution is -2.38. The van der Waals surface area contributed by atoms with Crippen LogP contribution in [0.25, 0.3) is 5.76 Å². The van der Waals surface area contributed by atoms with Crippen LogP contribution in [-0.4, -0.2) is 23.9 Å². The van der Waals surface area contributed by atoms with Gasteiger partial charge in [-0.05, 0) is 22.8 Å². The van der Waals surface area contributed by atoms with Gasteiger partial charge in [-0.15, -0.1) is 0 Å². The molecule has 33 heavy (non-hydrogen) atoms. The second-order valence-electron chi connectivity index (χ2n) is 8.13. The van der Waals surface area contributed by atoms with E-state index in [1.165, 1.54) is 0 Å². The molecule has 0 fully saturated rings. The molecule has 2 atom stereocenters. The molecule has 4 aromatic rings. The molecule has 1 aliphatic rings. The van der Waals surface area contributed by atoms with Gasteiger partial charge in [-0.25, -0.2) is 0 Å². The zero-order valence-electron chi connectivity index (χ0n) is 18.2. The summed E-state index contributed by atoms with van der Waals surface area (Å²) in [4.78, 5) is 0. The van der Waals surface area contributed by atoms with E-state index in [4.69, 9.17) is 9.47 Å². The summed E-state index contributed by atoms with van der Waals surface area (Å²) in [5, 5.41) is 10.7. The maximum Gasteiger partial charge on any atom is 0.151 e. The summed E-state index contributed by atoms with van der Waals surface area (Å²) < 4.78 is 13.0. The molecule has 164 valence electrons. The molecular weight excluding hydrogens is 408 g/mol. The van der Waals surface area contributed by atoms with Crippen LogP contribution >= 0.6 is 0 Å². The van der Waals surface area contributed by atoms with E-state index in [1.807, 2.05) is 84.9 Å². The van der Waals surface area contributed by atoms with Crippen LogP contribution in [0, 0.1) is 0 Å². The average Bonchev–Trinajstić information content (AvgIpc) is 3.27. The van der Waals surface area contributed by atoms with Crippen LogP contribution in [0.2, 0.25) is 0 Å². The second kappa shape index (κ2) is 9.45. The Kier molecular flexibility index (Phi) is 6.07. The first-order valence-electron chi connectivity index (χ1n) is 11.2. The Labute approximate surface area is 194 Å². The molecule has 3 nitrogen and oxygen atoms in total. The molecule has 0 radical (unpaired) electrons. The topological polar surface area (TPSA) is 38.7 Å². The minimum Gasteiger partial charge on any atom is -0.485 e. The van der Waals surface area contributed by atoms with E-state index in [1.54, 1.807) is 6.08 Å². The maximum absolute atomic E-state index is 10.7. The second-order valence-corrected chi connectivity index (χ2v) is 8.13. The summed E-state index contributed by atoms with van der Waals surface area (Å²) in [5.41, 5.74) is 3.16. The Morgan fingerprint density at radius 1 is 0.636 bits per heavy atom. The zero-order chi connectivity index (χ0) is 22.5. The predicted molar refractivity (Wildman–Crippen MR) is 130 cm³/mol. The van der Waals surface area contributed by atoms with Gasteiger partial charge in [0.2, 0.25) is 0 Å². The van der Waals surface area contributed by atoms with Gasteiger partial charge in [0.15, 0.2) is 6.10 Å². The lowest BCUT2D eigenvalue weighted by Gasteiger charge is -2.37. The molecule has 0 spiro atoms. The predicted octanol–water partition coefficient (Wildman–Crippen LogP) is 5.80. The van der Waals surface area contributed by atoms with Gasteiger partial charge in [0.25, 0.3) is 0 Å². The van der Waals surface area contributed by atoms with E-state index in [2.05, 4.69) is 36.4 Å². The standard InChI is InChI=1S/C30H26O3/c31-27-21-28(23-13-5-1-6-14-23)33-29(27)22-32-30(24-15-7-2-8-16-24,25-17-9-3-10-18-25)26-19-11-4-12-20-26/h1-21,27,29,31H,22H2/t27-,29+/m0/s1. The van der Waals surface area contributed by atoms with E-state index in [9.17, 15) is 5.11 Å². The monoisotopic (exact) mass is 434 g/mol. The van der Waals surface area contributed by atoms with E-state index in [-0.39, 0.29) is 6.61 Å². The van der Waals surface area contributed by atoms with Crippen LogP contribution in [0.4, 0.5) is 0 Å². The van der Waals surface area contributed by atoms with Crippen molar-refractivity contribution in [2.75, 3.05) is 6.61 Å². The SMILES string of the molecule is O[C@H]1C=C(c2ccccc2)O[C@@H]1COC(c1ccccc1)(c1ccccc1)c1ccccc1. The van der Waals surface area contributed by atoms with Crippen LogP contribution in [0.1, 0.15) is 22.3 Å². The first kappa shape index (κ1) is 21.2. The number of hydrogen-bond donors (Lipinski definition) is 1. The Bertz CT molecular complexity index is 1090. The first-order chi connectivity index (χ1) is 16.3. The largest absolute Gasteiger partial charge is 0.485 e. The van der Waals surface area contributed by atoms with Crippen molar-refractivity contribution in [2.24, 2.45) is 0 Å². The molecule has 0 amide bonds. The highest BCUT2D eigenvalue weighted by Gasteiger charge is 2.40. The van der Waals surface area contributed by atoms with Crippen molar-refractivity contribution < 1.29 is 14.6 Å². The van der Waals surface area contributed by atoms with Crippen molar-refractivity contribution >= 4 is 5.76 Å². The van der Waals surface area contributed by atoms with Crippen molar-refractivity contribution in [3.8, 4) is 0 Å². The Morgan fingerprint density at radius 3 is 1.52 bits per heavy atom. The molecule has 0 aromatic heterocycles. The third-order valence-electron chi connectivity index (χ3n) is 6.04. The van der Waals surface area contributed by atoms with Gasteiger partial charge < -0.3 is 14.6 Å². The summed E-state index contributed by atoms with van der Waals surface area (Å²) >= 11 is 0. The molecule has 0 bridgehead atoms. The average molecular weight is 435 g/mol. The number of hydrogen-bond acceptors (Lipinski definition) is 3. The molecule has 3 heteroatoms. The molecule has 5 rings (SSSR count). The van der Waals surface area contributed by atoms with Gasteiger partial charge >= 0.3 is 0 Å². The number of aliphatic hydroxyl groups excluding tert-OH is 1. The van der Waals surface area contributed by atoms with Crippen molar-refractivity contribution in [2.45, 2.75) is 17.8 Å². The molecule has 0 saturated heterocycles. The van der Waals surface area contributed by atoms with Crippen molar-refractivity contribution in [1.29, 1.82) is 0 Å². The highest BCUT2D eigenvalue weighted by Crippen LogP contribution is 2.41. The van der Waals surface area contributed by atoms with Gasteiger partial charge in [-0.2, -0.15) is 0 Å². The minimum atomic E-state index is -0.845. The number of rotatable bonds is 7. The van der Waals surface area contributed by atoms with Gasteiger partial charge in [0.05, 0.1) is 6.61 Å². The Morgan fingerprint density at radius 2 is 1.06 bits per heavy atom. The van der Waals surface area contributed by atoms with Crippen molar-refractivity contribution in [3.05, 3.63) is 150 Å². The van der Waals surface area contributed by atoms with Gasteiger partial charge in [-0.3, -0.25) is 0 Å². The number of benzene rings is 4. The first-order valence-corrected chi connectivity index (χ1v) is 11.2. The highest BCUT2D eigenvalue weighted by molar-refractivity contribution is 5.62. The fraction of sp³-hybridized carbons (Fsp3) is 0.133. The number of aliphatic hydroxyl groups is 1. The van der Waals surface area contributed by atoms with Crippen LogP contribution in [0.3, 0.4) is 0 Å². The molecule has 0 saturated carbocycles. The maximum atomic E-state index is 10.7. The smallest absolute Gasteiger partial charge is 0.151 e. The molecule has 0 unspecified atom stereocenters. The Balaban J connectivity index is 1.51. The lowest BCUT2D eigenvalue weighted by atomic mass is 9.80. The van der Waals surface area contributed by atoms with E-state index < -0.39 is 17.8 Å². The molecule has 1 heterocycles. The van der Waals surface area contributed by atoms with Crippen molar-refractivity contribution in [1.82, 2.24) is 0 Å². The van der Waals surface area contributed by atoms with E-state index in [0.29, 0.717) is 5.76 Å². The third-order valence-corrected chi connectivity index (χ3v) is 6.04. The highest BCUT2D eigenvalue weighted by atomic mass is 16.6. The van der Waals surface area contributed by atoms with Gasteiger partial charge in [0, 0.05) is 5.56 Å². The van der Waals surface area contributed by atoms with Crippen LogP contribution in [0.15, 0.2) is 127 Å². The summed E-state index contributed by atoms with van der Waals surface area (Å²) in [6.07, 6.45) is 0.509. The molecule has 1 aliphatic heterocycles. The van der Waals surface area contributed by atoms with Crippen LogP contribution < -0.4 is 0 Å². The van der Waals surface area contributed by atoms with E-state index in [0.717, 1.165) is 22.3 Å². The minimum absolute atomic E-state index is 0.215. The lowest BCUT2D eigenvalue weighted by molar-refractivity contribution is -0.0575. The van der Waals surface area contributed by atoms with Crippen molar-refractivity contribution in [3.63, 3.8) is 0 Å². The van der Waals surface area contributed by atoms with Gasteiger partial charge in [0.1, 0.15) is 17.5 Å². The zero-order valence-corrected chi connectivity index (χ0v) is 18.2. The number of ether oxygens (including phenoxy) is 2. The summed E-state index contributed by atoms with van der Waals surface area (Å²) in [6, 6.07) is 40.5.